The Morgan fingerprint density at radius 3 is 2.65 bits per heavy atom. The number of carbonyl (C=O) groups is 2. The Balaban J connectivity index is 1.50. The Morgan fingerprint density at radius 1 is 1.11 bits per heavy atom. The van der Waals surface area contributed by atoms with Gasteiger partial charge >= 0.3 is 5.97 Å². The van der Waals surface area contributed by atoms with Gasteiger partial charge in [-0.1, -0.05) is 48.5 Å². The van der Waals surface area contributed by atoms with Crippen LogP contribution in [0.4, 0.5) is 5.69 Å². The third-order valence-electron chi connectivity index (χ3n) is 6.87. The average molecular weight is 515 g/mol. The number of nitrogens with one attached hydrogen (secondary N) is 1. The van der Waals surface area contributed by atoms with Crippen molar-refractivity contribution >= 4 is 28.8 Å². The lowest BCUT2D eigenvalue weighted by molar-refractivity contribution is -0.384. The van der Waals surface area contributed by atoms with Crippen LogP contribution in [0.1, 0.15) is 47.6 Å². The molecule has 2 aromatic carbocycles. The van der Waals surface area contributed by atoms with E-state index in [0.717, 1.165) is 16.1 Å². The van der Waals surface area contributed by atoms with Crippen LogP contribution in [-0.2, 0) is 20.7 Å². The van der Waals surface area contributed by atoms with Crippen LogP contribution in [0.25, 0.3) is 0 Å². The molecular weight excluding hydrogens is 488 g/mol. The first-order valence-corrected chi connectivity index (χ1v) is 13.0. The van der Waals surface area contributed by atoms with Gasteiger partial charge in [-0.3, -0.25) is 14.9 Å². The van der Waals surface area contributed by atoms with Crippen LogP contribution in [0.15, 0.2) is 94.7 Å². The van der Waals surface area contributed by atoms with E-state index < -0.39 is 16.8 Å². The number of nitrogens with zero attached hydrogens (tertiary/aromatic N) is 1. The monoisotopic (exact) mass is 514 g/mol. The number of rotatable bonds is 7. The summed E-state index contributed by atoms with van der Waals surface area (Å²) in [5.74, 6) is -1.28. The average Bonchev–Trinajstić information content (AvgIpc) is 3.43. The number of ketones is 1. The number of carbonyl (C=O) groups excluding carboxylic acids is 2. The predicted molar refractivity (Wildman–Crippen MR) is 141 cm³/mol. The molecular formula is C29H26N2O5S. The lowest BCUT2D eigenvalue weighted by Gasteiger charge is -2.36. The molecule has 2 atom stereocenters. The molecule has 0 radical (unpaired) electrons. The summed E-state index contributed by atoms with van der Waals surface area (Å²) < 4.78 is 5.68. The second kappa shape index (κ2) is 10.5. The maximum Gasteiger partial charge on any atom is 0.336 e. The smallest absolute Gasteiger partial charge is 0.336 e. The number of dihydropyridines is 1. The second-order valence-corrected chi connectivity index (χ2v) is 10.2. The number of thiophene rings is 1. The minimum atomic E-state index is -0.739. The van der Waals surface area contributed by atoms with E-state index in [0.29, 0.717) is 41.7 Å². The molecule has 0 bridgehead atoms. The molecule has 0 saturated carbocycles. The van der Waals surface area contributed by atoms with E-state index in [1.165, 1.54) is 12.1 Å². The molecule has 1 aromatic heterocycles. The molecule has 0 fully saturated rings. The Bertz CT molecular complexity index is 1410. The lowest BCUT2D eigenvalue weighted by atomic mass is 9.72. The quantitative estimate of drug-likeness (QED) is 0.243. The van der Waals surface area contributed by atoms with Gasteiger partial charge in [0.05, 0.1) is 17.1 Å². The highest BCUT2D eigenvalue weighted by atomic mass is 32.1. The largest absolute Gasteiger partial charge is 0.462 e. The van der Waals surface area contributed by atoms with Gasteiger partial charge in [-0.2, -0.15) is 0 Å². The van der Waals surface area contributed by atoms with Crippen molar-refractivity contribution in [3.63, 3.8) is 0 Å². The van der Waals surface area contributed by atoms with E-state index in [1.807, 2.05) is 47.8 Å². The number of hydrogen-bond donors (Lipinski definition) is 1. The highest BCUT2D eigenvalue weighted by molar-refractivity contribution is 7.10. The summed E-state index contributed by atoms with van der Waals surface area (Å²) in [5.41, 5.74) is 3.66. The van der Waals surface area contributed by atoms with Crippen molar-refractivity contribution in [2.24, 2.45) is 0 Å². The molecule has 2 heterocycles. The van der Waals surface area contributed by atoms with Crippen LogP contribution in [0.5, 0.6) is 0 Å². The first kappa shape index (κ1) is 24.6. The number of allylic oxidation sites excluding steroid dienone is 3. The number of non-ortho nitro benzene ring substituents is 1. The summed E-state index contributed by atoms with van der Waals surface area (Å²) in [6, 6.07) is 19.9. The van der Waals surface area contributed by atoms with Gasteiger partial charge in [0.1, 0.15) is 0 Å². The molecule has 5 rings (SSSR count). The first-order chi connectivity index (χ1) is 17.9. The highest BCUT2D eigenvalue weighted by Crippen LogP contribution is 2.46. The molecule has 2 aliphatic rings. The molecule has 0 saturated heterocycles. The van der Waals surface area contributed by atoms with E-state index in [2.05, 4.69) is 5.32 Å². The molecule has 8 heteroatoms. The zero-order chi connectivity index (χ0) is 25.9. The first-order valence-electron chi connectivity index (χ1n) is 12.1. The molecule has 1 aliphatic heterocycles. The van der Waals surface area contributed by atoms with Crippen molar-refractivity contribution in [2.75, 3.05) is 6.61 Å². The molecule has 3 aromatic rings. The van der Waals surface area contributed by atoms with Crippen LogP contribution in [0, 0.1) is 10.1 Å². The maximum atomic E-state index is 13.6. The van der Waals surface area contributed by atoms with Crippen LogP contribution in [-0.4, -0.2) is 23.3 Å². The van der Waals surface area contributed by atoms with Gasteiger partial charge in [0.15, 0.2) is 5.78 Å². The predicted octanol–water partition coefficient (Wildman–Crippen LogP) is 5.80. The molecule has 188 valence electrons. The van der Waals surface area contributed by atoms with Crippen molar-refractivity contribution < 1.29 is 19.2 Å². The summed E-state index contributed by atoms with van der Waals surface area (Å²) in [7, 11) is 0. The van der Waals surface area contributed by atoms with Gasteiger partial charge in [-0.15, -0.1) is 11.3 Å². The summed E-state index contributed by atoms with van der Waals surface area (Å²) in [6.45, 7) is 1.97. The number of nitro groups is 1. The lowest BCUT2D eigenvalue weighted by Crippen LogP contribution is -2.36. The molecule has 0 spiro atoms. The summed E-state index contributed by atoms with van der Waals surface area (Å²) in [5, 5.41) is 16.8. The van der Waals surface area contributed by atoms with Gasteiger partial charge in [0, 0.05) is 58.7 Å². The van der Waals surface area contributed by atoms with Gasteiger partial charge in [0.25, 0.3) is 5.69 Å². The number of esters is 1. The van der Waals surface area contributed by atoms with Gasteiger partial charge in [0.2, 0.25) is 0 Å². The second-order valence-electron chi connectivity index (χ2n) is 9.26. The molecule has 1 N–H and O–H groups in total. The van der Waals surface area contributed by atoms with Crippen molar-refractivity contribution in [2.45, 2.75) is 38.0 Å². The minimum Gasteiger partial charge on any atom is -0.462 e. The normalized spacial score (nSPS) is 19.3. The Morgan fingerprint density at radius 2 is 1.92 bits per heavy atom. The van der Waals surface area contributed by atoms with E-state index in [1.54, 1.807) is 30.4 Å². The summed E-state index contributed by atoms with van der Waals surface area (Å²) >= 11 is 1.62. The number of Topliss-reactive ketones (excluding diaryl/α,β-unsaturated/α-hetero) is 1. The van der Waals surface area contributed by atoms with Crippen LogP contribution < -0.4 is 5.32 Å². The van der Waals surface area contributed by atoms with Crippen molar-refractivity contribution in [1.29, 1.82) is 0 Å². The summed E-state index contributed by atoms with van der Waals surface area (Å²) in [6.07, 6.45) is 1.51. The van der Waals surface area contributed by atoms with E-state index in [9.17, 15) is 19.7 Å². The minimum absolute atomic E-state index is 0.0525. The van der Waals surface area contributed by atoms with Crippen LogP contribution >= 0.6 is 11.3 Å². The number of hydrogen-bond acceptors (Lipinski definition) is 7. The summed E-state index contributed by atoms with van der Waals surface area (Å²) in [4.78, 5) is 39.3. The zero-order valence-corrected chi connectivity index (χ0v) is 21.1. The third kappa shape index (κ3) is 5.11. The fraction of sp³-hybridized carbons (Fsp3) is 0.241. The molecule has 0 unspecified atom stereocenters. The fourth-order valence-electron chi connectivity index (χ4n) is 5.17. The molecule has 7 nitrogen and oxygen atoms in total. The van der Waals surface area contributed by atoms with Crippen molar-refractivity contribution in [3.05, 3.63) is 121 Å². The number of benzene rings is 2. The van der Waals surface area contributed by atoms with Gasteiger partial charge in [-0.25, -0.2) is 4.79 Å². The van der Waals surface area contributed by atoms with Crippen molar-refractivity contribution in [3.8, 4) is 0 Å². The maximum absolute atomic E-state index is 13.6. The number of ether oxygens (including phenoxy) is 1. The van der Waals surface area contributed by atoms with E-state index in [-0.39, 0.29) is 24.0 Å². The highest BCUT2D eigenvalue weighted by Gasteiger charge is 2.42. The fourth-order valence-corrected chi connectivity index (χ4v) is 6.00. The Hall–Kier alpha value is -4.04. The molecule has 37 heavy (non-hydrogen) atoms. The van der Waals surface area contributed by atoms with E-state index >= 15 is 0 Å². The third-order valence-corrected chi connectivity index (χ3v) is 7.91. The molecule has 0 amide bonds. The van der Waals surface area contributed by atoms with Crippen LogP contribution in [0.2, 0.25) is 0 Å². The van der Waals surface area contributed by atoms with E-state index in [4.69, 9.17) is 4.74 Å². The van der Waals surface area contributed by atoms with Gasteiger partial charge < -0.3 is 10.1 Å². The molecule has 1 aliphatic carbocycles. The zero-order valence-electron chi connectivity index (χ0n) is 20.3. The van der Waals surface area contributed by atoms with Crippen LogP contribution in [0.3, 0.4) is 0 Å². The topological polar surface area (TPSA) is 98.5 Å². The standard InChI is InChI=1S/C29H26N2O5S/c1-18-26(29(33)36-13-12-19-7-3-2-4-8-19)27(20-9-5-10-22(15-20)31(34)35)28-23(30-18)16-21(17-24(28)32)25-11-6-14-37-25/h2-11,14-15,21,27,30H,12-13,16-17H2,1H3/t21-,27+/m0/s1. The Kier molecular flexibility index (Phi) is 7.01. The van der Waals surface area contributed by atoms with Crippen molar-refractivity contribution in [1.82, 2.24) is 5.32 Å². The SMILES string of the molecule is CC1=C(C(=O)OCCc2ccccc2)[C@@H](c2cccc([N+](=O)[O-])c2)C2=C(C[C@H](c3cccs3)CC2=O)N1. The number of nitro benzene ring substituents is 1. The Labute approximate surface area is 218 Å². The van der Waals surface area contributed by atoms with Gasteiger partial charge in [-0.05, 0) is 35.9 Å².